The van der Waals surface area contributed by atoms with E-state index in [0.29, 0.717) is 18.8 Å². The van der Waals surface area contributed by atoms with Gasteiger partial charge >= 0.3 is 0 Å². The Balaban J connectivity index is 2.15. The van der Waals surface area contributed by atoms with Crippen LogP contribution in [0.3, 0.4) is 0 Å². The maximum absolute atomic E-state index is 12.4. The van der Waals surface area contributed by atoms with Crippen LogP contribution in [0.25, 0.3) is 0 Å². The van der Waals surface area contributed by atoms with E-state index in [0.717, 1.165) is 14.2 Å². The predicted molar refractivity (Wildman–Crippen MR) is 81.1 cm³/mol. The summed E-state index contributed by atoms with van der Waals surface area (Å²) in [6.45, 7) is 6.60. The van der Waals surface area contributed by atoms with Gasteiger partial charge in [-0.2, -0.15) is 0 Å². The summed E-state index contributed by atoms with van der Waals surface area (Å²) >= 11 is 8.86. The minimum Gasteiger partial charge on any atom is -0.328 e. The van der Waals surface area contributed by atoms with E-state index in [-0.39, 0.29) is 5.91 Å². The molecule has 6 heteroatoms. The lowest BCUT2D eigenvalue weighted by Gasteiger charge is -2.19. The highest BCUT2D eigenvalue weighted by Gasteiger charge is 2.18. The van der Waals surface area contributed by atoms with Crippen molar-refractivity contribution in [3.63, 3.8) is 0 Å². The zero-order valence-electron chi connectivity index (χ0n) is 10.4. The third-order valence-corrected chi connectivity index (χ3v) is 4.44. The van der Waals surface area contributed by atoms with Gasteiger partial charge in [-0.05, 0) is 19.1 Å². The molecule has 3 nitrogen and oxygen atoms in total. The molecule has 0 saturated heterocycles. The van der Waals surface area contributed by atoms with Gasteiger partial charge in [0.05, 0.1) is 15.9 Å². The number of aromatic nitrogens is 1. The molecule has 19 heavy (non-hydrogen) atoms. The van der Waals surface area contributed by atoms with Crippen LogP contribution >= 0.6 is 34.3 Å². The van der Waals surface area contributed by atoms with Crippen molar-refractivity contribution < 1.29 is 4.79 Å². The fourth-order valence-electron chi connectivity index (χ4n) is 1.62. The van der Waals surface area contributed by atoms with Crippen LogP contribution in [-0.4, -0.2) is 22.3 Å². The summed E-state index contributed by atoms with van der Waals surface area (Å²) in [5, 5.41) is 2.68. The molecule has 0 aliphatic rings. The first-order valence-electron chi connectivity index (χ1n) is 5.66. The van der Waals surface area contributed by atoms with Crippen molar-refractivity contribution in [3.8, 4) is 0 Å². The minimum absolute atomic E-state index is 0.0752. The topological polar surface area (TPSA) is 33.2 Å². The van der Waals surface area contributed by atoms with Crippen LogP contribution in [0.5, 0.6) is 0 Å². The van der Waals surface area contributed by atoms with Gasteiger partial charge in [0.1, 0.15) is 5.69 Å². The molecule has 0 radical (unpaired) electrons. The minimum atomic E-state index is -0.0752. The first kappa shape index (κ1) is 14.2. The number of rotatable bonds is 5. The summed E-state index contributed by atoms with van der Waals surface area (Å²) in [5.74, 6) is -0.0752. The first-order chi connectivity index (χ1) is 9.10. The number of thiophene rings is 1. The molecule has 0 bridgehead atoms. The highest BCUT2D eigenvalue weighted by molar-refractivity contribution is 7.16. The number of hydrogen-bond donors (Lipinski definition) is 0. The van der Waals surface area contributed by atoms with Crippen molar-refractivity contribution >= 4 is 40.2 Å². The zero-order valence-corrected chi connectivity index (χ0v) is 12.8. The van der Waals surface area contributed by atoms with Crippen LogP contribution in [0.4, 0.5) is 0 Å². The third-order valence-electron chi connectivity index (χ3n) is 2.45. The van der Waals surface area contributed by atoms with Crippen LogP contribution in [0.1, 0.15) is 20.4 Å². The normalized spacial score (nSPS) is 10.4. The van der Waals surface area contributed by atoms with E-state index in [1.54, 1.807) is 16.4 Å². The summed E-state index contributed by atoms with van der Waals surface area (Å²) in [4.78, 5) is 19.3. The van der Waals surface area contributed by atoms with Gasteiger partial charge < -0.3 is 4.90 Å². The van der Waals surface area contributed by atoms with Gasteiger partial charge in [0.2, 0.25) is 0 Å². The molecular weight excluding hydrogens is 300 g/mol. The Hall–Kier alpha value is -1.17. The molecule has 0 spiro atoms. The molecule has 0 atom stereocenters. The fourth-order valence-corrected chi connectivity index (χ4v) is 3.31. The quantitative estimate of drug-likeness (QED) is 0.782. The van der Waals surface area contributed by atoms with Gasteiger partial charge in [-0.15, -0.1) is 29.3 Å². The van der Waals surface area contributed by atoms with E-state index in [9.17, 15) is 4.79 Å². The Morgan fingerprint density at radius 2 is 2.37 bits per heavy atom. The summed E-state index contributed by atoms with van der Waals surface area (Å²) in [5.41, 5.74) is 0.493. The molecule has 2 heterocycles. The SMILES string of the molecule is C=CCN(Cc1ccc(Cl)s1)C(=O)c1csc(C)n1. The number of hydrogen-bond acceptors (Lipinski definition) is 4. The smallest absolute Gasteiger partial charge is 0.273 e. The molecule has 0 N–H and O–H groups in total. The average Bonchev–Trinajstić information content (AvgIpc) is 2.97. The maximum atomic E-state index is 12.4. The van der Waals surface area contributed by atoms with Crippen molar-refractivity contribution in [1.29, 1.82) is 0 Å². The van der Waals surface area contributed by atoms with Crippen LogP contribution in [0.15, 0.2) is 30.2 Å². The number of amides is 1. The molecule has 0 unspecified atom stereocenters. The molecule has 2 aromatic rings. The molecule has 100 valence electrons. The van der Waals surface area contributed by atoms with E-state index >= 15 is 0 Å². The number of carbonyl (C=O) groups is 1. The number of thiazole rings is 1. The molecule has 1 amide bonds. The molecule has 0 fully saturated rings. The van der Waals surface area contributed by atoms with Crippen molar-refractivity contribution in [2.75, 3.05) is 6.54 Å². The second kappa shape index (κ2) is 6.32. The maximum Gasteiger partial charge on any atom is 0.273 e. The molecule has 0 aliphatic heterocycles. The van der Waals surface area contributed by atoms with Gasteiger partial charge in [-0.1, -0.05) is 17.7 Å². The van der Waals surface area contributed by atoms with Crippen LogP contribution in [-0.2, 0) is 6.54 Å². The lowest BCUT2D eigenvalue weighted by atomic mass is 10.3. The van der Waals surface area contributed by atoms with E-state index in [2.05, 4.69) is 11.6 Å². The largest absolute Gasteiger partial charge is 0.328 e. The molecular formula is C13H13ClN2OS2. The average molecular weight is 313 g/mol. The van der Waals surface area contributed by atoms with E-state index in [1.807, 2.05) is 19.1 Å². The standard InChI is InChI=1S/C13H13ClN2OS2/c1-3-6-16(7-10-4-5-12(14)19-10)13(17)11-8-18-9(2)15-11/h3-5,8H,1,6-7H2,2H3. The number of carbonyl (C=O) groups excluding carboxylic acids is 1. The van der Waals surface area contributed by atoms with Gasteiger partial charge in [-0.25, -0.2) is 4.98 Å². The van der Waals surface area contributed by atoms with Crippen LogP contribution in [0.2, 0.25) is 4.34 Å². The Morgan fingerprint density at radius 3 is 2.89 bits per heavy atom. The van der Waals surface area contributed by atoms with Crippen molar-refractivity contribution in [2.24, 2.45) is 0 Å². The Kier molecular flexibility index (Phi) is 4.74. The lowest BCUT2D eigenvalue weighted by molar-refractivity contribution is 0.0759. The van der Waals surface area contributed by atoms with Crippen molar-refractivity contribution in [3.05, 3.63) is 50.1 Å². The second-order valence-electron chi connectivity index (χ2n) is 3.93. The highest BCUT2D eigenvalue weighted by atomic mass is 35.5. The fraction of sp³-hybridized carbons (Fsp3) is 0.231. The Labute approximate surface area is 125 Å². The molecule has 0 aromatic carbocycles. The second-order valence-corrected chi connectivity index (χ2v) is 6.79. The van der Waals surface area contributed by atoms with Gasteiger partial charge in [-0.3, -0.25) is 4.79 Å². The molecule has 0 aliphatic carbocycles. The summed E-state index contributed by atoms with van der Waals surface area (Å²) in [6.07, 6.45) is 1.71. The molecule has 2 rings (SSSR count). The van der Waals surface area contributed by atoms with Crippen molar-refractivity contribution in [1.82, 2.24) is 9.88 Å². The number of nitrogens with zero attached hydrogens (tertiary/aromatic N) is 2. The molecule has 0 saturated carbocycles. The van der Waals surface area contributed by atoms with Crippen LogP contribution in [0, 0.1) is 6.92 Å². The Morgan fingerprint density at radius 1 is 1.58 bits per heavy atom. The monoisotopic (exact) mass is 312 g/mol. The van der Waals surface area contributed by atoms with E-state index < -0.39 is 0 Å². The predicted octanol–water partition coefficient (Wildman–Crippen LogP) is 3.99. The zero-order chi connectivity index (χ0) is 13.8. The van der Waals surface area contributed by atoms with Gasteiger partial charge in [0, 0.05) is 16.8 Å². The van der Waals surface area contributed by atoms with Gasteiger partial charge in [0.15, 0.2) is 0 Å². The first-order valence-corrected chi connectivity index (χ1v) is 7.74. The lowest BCUT2D eigenvalue weighted by Crippen LogP contribution is -2.30. The third kappa shape index (κ3) is 3.65. The van der Waals surface area contributed by atoms with E-state index in [4.69, 9.17) is 11.6 Å². The summed E-state index contributed by atoms with van der Waals surface area (Å²) in [7, 11) is 0. The van der Waals surface area contributed by atoms with Crippen molar-refractivity contribution in [2.45, 2.75) is 13.5 Å². The Bertz CT molecular complexity index is 591. The number of halogens is 1. The van der Waals surface area contributed by atoms with Gasteiger partial charge in [0.25, 0.3) is 5.91 Å². The van der Waals surface area contributed by atoms with E-state index in [1.165, 1.54) is 22.7 Å². The highest BCUT2D eigenvalue weighted by Crippen LogP contribution is 2.23. The summed E-state index contributed by atoms with van der Waals surface area (Å²) < 4.78 is 0.727. The summed E-state index contributed by atoms with van der Waals surface area (Å²) in [6, 6.07) is 3.77. The molecule has 2 aromatic heterocycles. The number of aryl methyl sites for hydroxylation is 1. The van der Waals surface area contributed by atoms with Crippen LogP contribution < -0.4 is 0 Å².